The van der Waals surface area contributed by atoms with E-state index in [0.717, 1.165) is 55.7 Å². The molecule has 26 heavy (non-hydrogen) atoms. The van der Waals surface area contributed by atoms with E-state index in [-0.39, 0.29) is 11.9 Å². The van der Waals surface area contributed by atoms with Crippen molar-refractivity contribution >= 4 is 0 Å². The lowest BCUT2D eigenvalue weighted by atomic mass is 10.0. The Labute approximate surface area is 154 Å². The molecule has 0 saturated carbocycles. The molecule has 4 heteroatoms. The van der Waals surface area contributed by atoms with Crippen molar-refractivity contribution in [1.82, 2.24) is 10.2 Å². The fraction of sp³-hybridized carbons (Fsp3) is 0.455. The number of hydrogen-bond donors (Lipinski definition) is 1. The van der Waals surface area contributed by atoms with Gasteiger partial charge in [-0.3, -0.25) is 4.90 Å². The minimum atomic E-state index is -0.210. The summed E-state index contributed by atoms with van der Waals surface area (Å²) in [6.45, 7) is 6.50. The van der Waals surface area contributed by atoms with E-state index in [1.807, 2.05) is 6.92 Å². The highest BCUT2D eigenvalue weighted by Gasteiger charge is 2.44. The van der Waals surface area contributed by atoms with Gasteiger partial charge in [0.2, 0.25) is 0 Å². The highest BCUT2D eigenvalue weighted by Crippen LogP contribution is 2.41. The number of hydrogen-bond acceptors (Lipinski definition) is 3. The molecule has 2 aliphatic heterocycles. The Kier molecular flexibility index (Phi) is 3.98. The highest BCUT2D eigenvalue weighted by molar-refractivity contribution is 5.39. The van der Waals surface area contributed by atoms with E-state index in [1.165, 1.54) is 17.2 Å². The molecule has 2 heterocycles. The number of benzene rings is 2. The fourth-order valence-corrected chi connectivity index (χ4v) is 5.04. The molecule has 0 radical (unpaired) electrons. The SMILES string of the molecule is Cc1cc(F)ccc1O[C@@H]1c2ccccc2C[C@H]1N1C[C@H]2CNC[C@H]2C1. The van der Waals surface area contributed by atoms with E-state index in [9.17, 15) is 4.39 Å². The Bertz CT molecular complexity index is 812. The fourth-order valence-electron chi connectivity index (χ4n) is 5.04. The molecular weight excluding hydrogens is 327 g/mol. The minimum Gasteiger partial charge on any atom is -0.484 e. The molecule has 2 saturated heterocycles. The molecule has 3 nitrogen and oxygen atoms in total. The van der Waals surface area contributed by atoms with Crippen molar-refractivity contribution in [3.63, 3.8) is 0 Å². The quantitative estimate of drug-likeness (QED) is 0.917. The van der Waals surface area contributed by atoms with Gasteiger partial charge in [0, 0.05) is 13.1 Å². The van der Waals surface area contributed by atoms with Gasteiger partial charge in [-0.2, -0.15) is 0 Å². The maximum atomic E-state index is 13.5. The number of rotatable bonds is 3. The van der Waals surface area contributed by atoms with Crippen LogP contribution in [0.2, 0.25) is 0 Å². The smallest absolute Gasteiger partial charge is 0.140 e. The van der Waals surface area contributed by atoms with Gasteiger partial charge >= 0.3 is 0 Å². The van der Waals surface area contributed by atoms with Gasteiger partial charge in [-0.15, -0.1) is 0 Å². The molecule has 2 aromatic carbocycles. The number of aryl methyl sites for hydroxylation is 1. The number of ether oxygens (including phenoxy) is 1. The molecule has 0 bridgehead atoms. The molecule has 5 rings (SSSR count). The van der Waals surface area contributed by atoms with Crippen LogP contribution in [-0.2, 0) is 6.42 Å². The van der Waals surface area contributed by atoms with E-state index in [4.69, 9.17) is 4.74 Å². The van der Waals surface area contributed by atoms with Crippen LogP contribution in [0.3, 0.4) is 0 Å². The summed E-state index contributed by atoms with van der Waals surface area (Å²) in [5.74, 6) is 2.12. The average molecular weight is 352 g/mol. The highest BCUT2D eigenvalue weighted by atomic mass is 19.1. The third-order valence-electron chi connectivity index (χ3n) is 6.42. The summed E-state index contributed by atoms with van der Waals surface area (Å²) in [5, 5.41) is 3.52. The summed E-state index contributed by atoms with van der Waals surface area (Å²) >= 11 is 0. The topological polar surface area (TPSA) is 24.5 Å². The first-order valence-electron chi connectivity index (χ1n) is 9.64. The van der Waals surface area contributed by atoms with E-state index < -0.39 is 0 Å². The first-order chi connectivity index (χ1) is 12.7. The molecule has 0 spiro atoms. The second kappa shape index (κ2) is 6.36. The van der Waals surface area contributed by atoms with Crippen LogP contribution in [0.25, 0.3) is 0 Å². The number of halogens is 1. The zero-order valence-electron chi connectivity index (χ0n) is 15.1. The summed E-state index contributed by atoms with van der Waals surface area (Å²) in [5.41, 5.74) is 3.53. The van der Waals surface area contributed by atoms with Crippen molar-refractivity contribution in [3.8, 4) is 5.75 Å². The third kappa shape index (κ3) is 2.72. The molecule has 136 valence electrons. The van der Waals surface area contributed by atoms with E-state index in [0.29, 0.717) is 6.04 Å². The Balaban J connectivity index is 1.45. The zero-order valence-corrected chi connectivity index (χ0v) is 15.1. The number of fused-ring (bicyclic) bond motifs is 2. The van der Waals surface area contributed by atoms with E-state index in [2.05, 4.69) is 34.5 Å². The van der Waals surface area contributed by atoms with Gasteiger partial charge in [-0.05, 0) is 73.2 Å². The Hall–Kier alpha value is -1.91. The first-order valence-corrected chi connectivity index (χ1v) is 9.64. The molecule has 2 aromatic rings. The van der Waals surface area contributed by atoms with Crippen LogP contribution in [0, 0.1) is 24.6 Å². The first kappa shape index (κ1) is 16.3. The second-order valence-corrected chi connectivity index (χ2v) is 8.05. The van der Waals surface area contributed by atoms with Crippen LogP contribution in [-0.4, -0.2) is 37.1 Å². The lowest BCUT2D eigenvalue weighted by molar-refractivity contribution is 0.0884. The largest absolute Gasteiger partial charge is 0.484 e. The average Bonchev–Trinajstić information content (AvgIpc) is 3.30. The van der Waals surface area contributed by atoms with Crippen molar-refractivity contribution in [2.45, 2.75) is 25.5 Å². The van der Waals surface area contributed by atoms with Gasteiger partial charge in [0.25, 0.3) is 0 Å². The lowest BCUT2D eigenvalue weighted by Gasteiger charge is -2.31. The van der Waals surface area contributed by atoms with Gasteiger partial charge in [0.1, 0.15) is 17.7 Å². The Morgan fingerprint density at radius 3 is 2.62 bits per heavy atom. The van der Waals surface area contributed by atoms with Crippen molar-refractivity contribution in [3.05, 3.63) is 65.0 Å². The molecule has 0 aromatic heterocycles. The van der Waals surface area contributed by atoms with Gasteiger partial charge < -0.3 is 10.1 Å². The molecule has 0 amide bonds. The monoisotopic (exact) mass is 352 g/mol. The van der Waals surface area contributed by atoms with Crippen LogP contribution in [0.15, 0.2) is 42.5 Å². The molecule has 0 unspecified atom stereocenters. The third-order valence-corrected chi connectivity index (χ3v) is 6.42. The number of likely N-dealkylation sites (tertiary alicyclic amines) is 1. The number of nitrogens with zero attached hydrogens (tertiary/aromatic N) is 1. The minimum absolute atomic E-state index is 0.0159. The van der Waals surface area contributed by atoms with Gasteiger partial charge in [0.05, 0.1) is 6.04 Å². The van der Waals surface area contributed by atoms with Gasteiger partial charge in [0.15, 0.2) is 0 Å². The van der Waals surface area contributed by atoms with Crippen molar-refractivity contribution in [2.75, 3.05) is 26.2 Å². The summed E-state index contributed by atoms with van der Waals surface area (Å²) in [6.07, 6.45) is 1.05. The predicted molar refractivity (Wildman–Crippen MR) is 99.9 cm³/mol. The summed E-state index contributed by atoms with van der Waals surface area (Å²) in [4.78, 5) is 2.64. The Morgan fingerprint density at radius 2 is 1.85 bits per heavy atom. The molecule has 2 fully saturated rings. The molecule has 3 aliphatic rings. The molecular formula is C22H25FN2O. The summed E-state index contributed by atoms with van der Waals surface area (Å²) < 4.78 is 20.0. The van der Waals surface area contributed by atoms with E-state index >= 15 is 0 Å². The zero-order chi connectivity index (χ0) is 17.7. The van der Waals surface area contributed by atoms with Gasteiger partial charge in [-0.25, -0.2) is 4.39 Å². The summed E-state index contributed by atoms with van der Waals surface area (Å²) in [6, 6.07) is 13.8. The molecule has 1 aliphatic carbocycles. The predicted octanol–water partition coefficient (Wildman–Crippen LogP) is 3.33. The Morgan fingerprint density at radius 1 is 1.08 bits per heavy atom. The van der Waals surface area contributed by atoms with Crippen molar-refractivity contribution in [1.29, 1.82) is 0 Å². The standard InChI is InChI=1S/C22H25FN2O/c1-14-8-18(23)6-7-21(14)26-22-19-5-3-2-4-15(19)9-20(22)25-12-16-10-24-11-17(16)13-25/h2-8,16-17,20,22,24H,9-13H2,1H3/t16-,17+,20-,22-/m1/s1. The maximum Gasteiger partial charge on any atom is 0.140 e. The molecule has 4 atom stereocenters. The van der Waals surface area contributed by atoms with E-state index in [1.54, 1.807) is 12.1 Å². The number of nitrogens with one attached hydrogen (secondary N) is 1. The van der Waals surface area contributed by atoms with Crippen molar-refractivity contribution < 1.29 is 9.13 Å². The lowest BCUT2D eigenvalue weighted by Crippen LogP contribution is -2.40. The molecule has 1 N–H and O–H groups in total. The van der Waals surface area contributed by atoms with Crippen LogP contribution < -0.4 is 10.1 Å². The normalized spacial score (nSPS) is 30.4. The van der Waals surface area contributed by atoms with Gasteiger partial charge in [-0.1, -0.05) is 24.3 Å². The van der Waals surface area contributed by atoms with Crippen LogP contribution in [0.5, 0.6) is 5.75 Å². The van der Waals surface area contributed by atoms with Crippen LogP contribution in [0.4, 0.5) is 4.39 Å². The van der Waals surface area contributed by atoms with Crippen LogP contribution >= 0.6 is 0 Å². The van der Waals surface area contributed by atoms with Crippen molar-refractivity contribution in [2.24, 2.45) is 11.8 Å². The maximum absolute atomic E-state index is 13.5. The summed E-state index contributed by atoms with van der Waals surface area (Å²) in [7, 11) is 0. The van der Waals surface area contributed by atoms with Crippen LogP contribution in [0.1, 0.15) is 22.8 Å². The second-order valence-electron chi connectivity index (χ2n) is 8.05.